The minimum Gasteiger partial charge on any atom is -0.468 e. The van der Waals surface area contributed by atoms with Crippen LogP contribution >= 0.6 is 0 Å². The minimum absolute atomic E-state index is 0.193. The monoisotopic (exact) mass is 297 g/mol. The van der Waals surface area contributed by atoms with Gasteiger partial charge in [-0.2, -0.15) is 0 Å². The Hall–Kier alpha value is -1.46. The molecule has 2 unspecified atom stereocenters. The van der Waals surface area contributed by atoms with Gasteiger partial charge in [0, 0.05) is 6.54 Å². The van der Waals surface area contributed by atoms with Crippen molar-refractivity contribution < 1.29 is 19.0 Å². The third-order valence-corrected chi connectivity index (χ3v) is 3.66. The number of aryl methyl sites for hydroxylation is 1. The van der Waals surface area contributed by atoms with Gasteiger partial charge in [-0.25, -0.2) is 4.39 Å². The number of nitrogens with one attached hydrogen (secondary N) is 1. The van der Waals surface area contributed by atoms with Gasteiger partial charge in [0.05, 0.1) is 13.2 Å². The molecule has 0 spiro atoms. The van der Waals surface area contributed by atoms with E-state index >= 15 is 0 Å². The first-order valence-electron chi connectivity index (χ1n) is 7.11. The molecule has 2 N–H and O–H groups in total. The fourth-order valence-electron chi connectivity index (χ4n) is 2.43. The molecular formula is C16H24FNO3. The zero-order chi connectivity index (χ0) is 16.0. The molecule has 1 rings (SSSR count). The predicted molar refractivity (Wildman–Crippen MR) is 79.4 cm³/mol. The Bertz CT molecular complexity index is 492. The van der Waals surface area contributed by atoms with Gasteiger partial charge in [0.1, 0.15) is 11.4 Å². The van der Waals surface area contributed by atoms with Gasteiger partial charge in [-0.3, -0.25) is 10.1 Å². The Balaban J connectivity index is 2.77. The second-order valence-corrected chi connectivity index (χ2v) is 5.47. The number of hydrogen-bond acceptors (Lipinski definition) is 4. The number of hydrogen-bond donors (Lipinski definition) is 2. The van der Waals surface area contributed by atoms with Crippen molar-refractivity contribution in [1.82, 2.24) is 5.32 Å². The van der Waals surface area contributed by atoms with Crippen molar-refractivity contribution in [3.05, 3.63) is 35.1 Å². The lowest BCUT2D eigenvalue weighted by Gasteiger charge is -2.29. The van der Waals surface area contributed by atoms with E-state index < -0.39 is 11.6 Å². The van der Waals surface area contributed by atoms with E-state index in [0.717, 1.165) is 6.42 Å². The van der Waals surface area contributed by atoms with Gasteiger partial charge in [0.15, 0.2) is 0 Å². The third kappa shape index (κ3) is 4.51. The van der Waals surface area contributed by atoms with Crippen LogP contribution in [0.4, 0.5) is 4.39 Å². The van der Waals surface area contributed by atoms with Crippen molar-refractivity contribution in [1.29, 1.82) is 0 Å². The summed E-state index contributed by atoms with van der Waals surface area (Å²) in [6.07, 6.45) is 0.602. The SMILES string of the molecule is CCCC(C)(NCC(O)c1ccc(F)cc1C)C(=O)OC. The number of carbonyl (C=O) groups is 1. The highest BCUT2D eigenvalue weighted by Crippen LogP contribution is 2.20. The summed E-state index contributed by atoms with van der Waals surface area (Å²) < 4.78 is 17.9. The molecule has 0 aliphatic heterocycles. The maximum atomic E-state index is 13.1. The van der Waals surface area contributed by atoms with E-state index in [4.69, 9.17) is 4.74 Å². The van der Waals surface area contributed by atoms with Gasteiger partial charge >= 0.3 is 5.97 Å². The second-order valence-electron chi connectivity index (χ2n) is 5.47. The van der Waals surface area contributed by atoms with E-state index in [1.807, 2.05) is 6.92 Å². The molecule has 2 atom stereocenters. The number of methoxy groups -OCH3 is 1. The van der Waals surface area contributed by atoms with Crippen LogP contribution in [-0.4, -0.2) is 30.3 Å². The fraction of sp³-hybridized carbons (Fsp3) is 0.562. The smallest absolute Gasteiger partial charge is 0.325 e. The molecule has 0 radical (unpaired) electrons. The summed E-state index contributed by atoms with van der Waals surface area (Å²) >= 11 is 0. The first-order chi connectivity index (χ1) is 9.84. The van der Waals surface area contributed by atoms with Crippen LogP contribution in [0.1, 0.15) is 43.9 Å². The highest BCUT2D eigenvalue weighted by Gasteiger charge is 2.33. The van der Waals surface area contributed by atoms with Gasteiger partial charge in [-0.15, -0.1) is 0 Å². The molecule has 5 heteroatoms. The number of halogens is 1. The predicted octanol–water partition coefficient (Wildman–Crippen LogP) is 2.49. The Morgan fingerprint density at radius 1 is 1.52 bits per heavy atom. The van der Waals surface area contributed by atoms with E-state index in [2.05, 4.69) is 5.32 Å². The van der Waals surface area contributed by atoms with E-state index in [1.165, 1.54) is 19.2 Å². The molecule has 0 aromatic heterocycles. The van der Waals surface area contributed by atoms with Crippen LogP contribution in [0.3, 0.4) is 0 Å². The van der Waals surface area contributed by atoms with Crippen LogP contribution in [0.5, 0.6) is 0 Å². The molecule has 21 heavy (non-hydrogen) atoms. The molecule has 118 valence electrons. The van der Waals surface area contributed by atoms with Crippen LogP contribution in [0, 0.1) is 12.7 Å². The molecule has 0 amide bonds. The number of β-amino-alcohol motifs (C(OH)–C–C–N with tert-alkyl or cyclic N) is 1. The van der Waals surface area contributed by atoms with Crippen molar-refractivity contribution in [2.24, 2.45) is 0 Å². The average Bonchev–Trinajstić information content (AvgIpc) is 2.44. The van der Waals surface area contributed by atoms with Crippen LogP contribution in [0.25, 0.3) is 0 Å². The van der Waals surface area contributed by atoms with Gasteiger partial charge in [0.25, 0.3) is 0 Å². The first-order valence-corrected chi connectivity index (χ1v) is 7.11. The van der Waals surface area contributed by atoms with Crippen molar-refractivity contribution in [2.45, 2.75) is 45.3 Å². The topological polar surface area (TPSA) is 58.6 Å². The zero-order valence-electron chi connectivity index (χ0n) is 13.1. The lowest BCUT2D eigenvalue weighted by molar-refractivity contribution is -0.148. The Morgan fingerprint density at radius 2 is 2.19 bits per heavy atom. The second kappa shape index (κ2) is 7.52. The molecule has 0 heterocycles. The summed E-state index contributed by atoms with van der Waals surface area (Å²) in [4.78, 5) is 11.9. The highest BCUT2D eigenvalue weighted by molar-refractivity contribution is 5.80. The van der Waals surface area contributed by atoms with Crippen molar-refractivity contribution in [3.8, 4) is 0 Å². The summed E-state index contributed by atoms with van der Waals surface area (Å²) in [5, 5.41) is 13.3. The maximum absolute atomic E-state index is 13.1. The van der Waals surface area contributed by atoms with Gasteiger partial charge < -0.3 is 9.84 Å². The van der Waals surface area contributed by atoms with E-state index in [-0.39, 0.29) is 18.3 Å². The summed E-state index contributed by atoms with van der Waals surface area (Å²) in [7, 11) is 1.35. The first kappa shape index (κ1) is 17.6. The molecule has 0 aliphatic rings. The quantitative estimate of drug-likeness (QED) is 0.759. The number of ether oxygens (including phenoxy) is 1. The molecule has 0 saturated heterocycles. The van der Waals surface area contributed by atoms with Crippen LogP contribution in [0.15, 0.2) is 18.2 Å². The average molecular weight is 297 g/mol. The van der Waals surface area contributed by atoms with E-state index in [0.29, 0.717) is 17.5 Å². The number of esters is 1. The fourth-order valence-corrected chi connectivity index (χ4v) is 2.43. The lowest BCUT2D eigenvalue weighted by atomic mass is 9.95. The molecule has 1 aromatic rings. The third-order valence-electron chi connectivity index (χ3n) is 3.66. The molecule has 0 saturated carbocycles. The maximum Gasteiger partial charge on any atom is 0.325 e. The normalized spacial score (nSPS) is 15.3. The Morgan fingerprint density at radius 3 is 2.71 bits per heavy atom. The van der Waals surface area contributed by atoms with Crippen molar-refractivity contribution >= 4 is 5.97 Å². The number of carbonyl (C=O) groups excluding carboxylic acids is 1. The largest absolute Gasteiger partial charge is 0.468 e. The zero-order valence-corrected chi connectivity index (χ0v) is 13.1. The summed E-state index contributed by atoms with van der Waals surface area (Å²) in [5.74, 6) is -0.686. The molecule has 0 bridgehead atoms. The standard InChI is InChI=1S/C16H24FNO3/c1-5-8-16(3,15(20)21-4)18-10-14(19)13-7-6-12(17)9-11(13)2/h6-7,9,14,18-19H,5,8,10H2,1-4H3. The van der Waals surface area contributed by atoms with Crippen molar-refractivity contribution in [2.75, 3.05) is 13.7 Å². The van der Waals surface area contributed by atoms with Gasteiger partial charge in [-0.1, -0.05) is 19.4 Å². The number of aliphatic hydroxyl groups excluding tert-OH is 1. The number of aliphatic hydroxyl groups is 1. The Labute approximate surface area is 125 Å². The molecule has 0 aliphatic carbocycles. The van der Waals surface area contributed by atoms with Crippen molar-refractivity contribution in [3.63, 3.8) is 0 Å². The molecule has 4 nitrogen and oxygen atoms in total. The van der Waals surface area contributed by atoms with Crippen LogP contribution in [-0.2, 0) is 9.53 Å². The summed E-state index contributed by atoms with van der Waals surface area (Å²) in [6.45, 7) is 5.67. The van der Waals surface area contributed by atoms with Crippen LogP contribution < -0.4 is 5.32 Å². The van der Waals surface area contributed by atoms with Crippen LogP contribution in [0.2, 0.25) is 0 Å². The van der Waals surface area contributed by atoms with E-state index in [9.17, 15) is 14.3 Å². The minimum atomic E-state index is -0.835. The van der Waals surface area contributed by atoms with E-state index in [1.54, 1.807) is 19.9 Å². The molecule has 1 aromatic carbocycles. The summed E-state index contributed by atoms with van der Waals surface area (Å²) in [5.41, 5.74) is 0.491. The summed E-state index contributed by atoms with van der Waals surface area (Å²) in [6, 6.07) is 4.26. The molecule has 0 fully saturated rings. The Kier molecular flexibility index (Phi) is 6.30. The van der Waals surface area contributed by atoms with Gasteiger partial charge in [0.2, 0.25) is 0 Å². The highest BCUT2D eigenvalue weighted by atomic mass is 19.1. The van der Waals surface area contributed by atoms with Gasteiger partial charge in [-0.05, 0) is 43.5 Å². The number of rotatable bonds is 7. The number of benzene rings is 1. The molecular weight excluding hydrogens is 273 g/mol. The lowest BCUT2D eigenvalue weighted by Crippen LogP contribution is -2.51.